The van der Waals surface area contributed by atoms with Gasteiger partial charge in [-0.15, -0.1) is 0 Å². The van der Waals surface area contributed by atoms with Crippen LogP contribution in [0.15, 0.2) is 12.1 Å². The maximum Gasteiger partial charge on any atom is 0.307 e. The molecular weight excluding hydrogens is 282 g/mol. The van der Waals surface area contributed by atoms with Crippen molar-refractivity contribution >= 4 is 23.5 Å². The van der Waals surface area contributed by atoms with Gasteiger partial charge in [0.15, 0.2) is 0 Å². The molecule has 0 saturated heterocycles. The zero-order valence-corrected chi connectivity index (χ0v) is 11.4. The Balaban J connectivity index is 1.65. The van der Waals surface area contributed by atoms with E-state index in [0.717, 1.165) is 23.3 Å². The van der Waals surface area contributed by atoms with Gasteiger partial charge in [0.25, 0.3) is 0 Å². The van der Waals surface area contributed by atoms with E-state index in [1.165, 1.54) is 0 Å². The Bertz CT molecular complexity index is 587. The minimum absolute atomic E-state index is 0.218. The molecule has 1 amide bonds. The average Bonchev–Trinajstić information content (AvgIpc) is 3.08. The standard InChI is InChI=1S/C14H14ClNO4/c15-9-3-7-1-2-20-12(7)8(4-9)6-16-13(17)10-5-11(10)14(18)19/h3-4,10-11H,1-2,5-6H2,(H,16,17)(H,18,19). The van der Waals surface area contributed by atoms with Crippen LogP contribution < -0.4 is 10.1 Å². The monoisotopic (exact) mass is 295 g/mol. The molecular formula is C14H14ClNO4. The fraction of sp³-hybridized carbons (Fsp3) is 0.429. The number of nitrogens with one attached hydrogen (secondary N) is 1. The molecule has 0 spiro atoms. The summed E-state index contributed by atoms with van der Waals surface area (Å²) in [6, 6.07) is 3.64. The predicted octanol–water partition coefficient (Wildman–Crippen LogP) is 1.61. The topological polar surface area (TPSA) is 75.6 Å². The van der Waals surface area contributed by atoms with Gasteiger partial charge >= 0.3 is 5.97 Å². The molecule has 1 aromatic rings. The molecule has 2 unspecified atom stereocenters. The Morgan fingerprint density at radius 2 is 2.20 bits per heavy atom. The Labute approximate surface area is 120 Å². The van der Waals surface area contributed by atoms with Crippen LogP contribution in [0.5, 0.6) is 5.75 Å². The van der Waals surface area contributed by atoms with Crippen molar-refractivity contribution in [3.05, 3.63) is 28.3 Å². The van der Waals surface area contributed by atoms with Crippen LogP contribution >= 0.6 is 11.6 Å². The Hall–Kier alpha value is -1.75. The van der Waals surface area contributed by atoms with Gasteiger partial charge in [-0.3, -0.25) is 9.59 Å². The molecule has 2 aliphatic rings. The normalized spacial score (nSPS) is 22.9. The molecule has 0 bridgehead atoms. The number of carboxylic acids is 1. The zero-order valence-electron chi connectivity index (χ0n) is 10.7. The first-order valence-corrected chi connectivity index (χ1v) is 6.88. The number of ether oxygens (including phenoxy) is 1. The summed E-state index contributed by atoms with van der Waals surface area (Å²) >= 11 is 6.04. The minimum Gasteiger partial charge on any atom is -0.493 e. The molecule has 1 saturated carbocycles. The van der Waals surface area contributed by atoms with E-state index in [0.29, 0.717) is 24.6 Å². The summed E-state index contributed by atoms with van der Waals surface area (Å²) in [5.74, 6) is -1.27. The number of amides is 1. The number of carboxylic acid groups (broad SMARTS) is 1. The van der Waals surface area contributed by atoms with E-state index in [-0.39, 0.29) is 5.91 Å². The lowest BCUT2D eigenvalue weighted by atomic mass is 10.1. The van der Waals surface area contributed by atoms with Crippen molar-refractivity contribution in [2.24, 2.45) is 11.8 Å². The fourth-order valence-corrected chi connectivity index (χ4v) is 2.81. The van der Waals surface area contributed by atoms with Crippen LogP contribution in [0, 0.1) is 11.8 Å². The average molecular weight is 296 g/mol. The van der Waals surface area contributed by atoms with Gasteiger partial charge in [0, 0.05) is 23.6 Å². The molecule has 5 nitrogen and oxygen atoms in total. The van der Waals surface area contributed by atoms with Crippen LogP contribution in [0.4, 0.5) is 0 Å². The molecule has 1 aliphatic heterocycles. The lowest BCUT2D eigenvalue weighted by molar-refractivity contribution is -0.140. The molecule has 20 heavy (non-hydrogen) atoms. The van der Waals surface area contributed by atoms with Crippen molar-refractivity contribution < 1.29 is 19.4 Å². The molecule has 3 rings (SSSR count). The van der Waals surface area contributed by atoms with Crippen molar-refractivity contribution in [2.45, 2.75) is 19.4 Å². The summed E-state index contributed by atoms with van der Waals surface area (Å²) in [6.07, 6.45) is 1.24. The molecule has 1 aromatic carbocycles. The van der Waals surface area contributed by atoms with Crippen molar-refractivity contribution in [3.63, 3.8) is 0 Å². The second kappa shape index (κ2) is 4.98. The maximum atomic E-state index is 11.8. The van der Waals surface area contributed by atoms with Crippen molar-refractivity contribution in [2.75, 3.05) is 6.61 Å². The zero-order chi connectivity index (χ0) is 14.3. The van der Waals surface area contributed by atoms with Crippen LogP contribution in [0.1, 0.15) is 17.5 Å². The molecule has 106 valence electrons. The highest BCUT2D eigenvalue weighted by atomic mass is 35.5. The maximum absolute atomic E-state index is 11.8. The Kier molecular flexibility index (Phi) is 3.30. The summed E-state index contributed by atoms with van der Waals surface area (Å²) in [5.41, 5.74) is 1.89. The van der Waals surface area contributed by atoms with Gasteiger partial charge in [0.05, 0.1) is 18.4 Å². The van der Waals surface area contributed by atoms with Gasteiger partial charge in [-0.2, -0.15) is 0 Å². The van der Waals surface area contributed by atoms with E-state index in [9.17, 15) is 9.59 Å². The van der Waals surface area contributed by atoms with Crippen LogP contribution in [0.25, 0.3) is 0 Å². The fourth-order valence-electron chi connectivity index (χ4n) is 2.55. The summed E-state index contributed by atoms with van der Waals surface area (Å²) in [6.45, 7) is 0.935. The number of benzene rings is 1. The summed E-state index contributed by atoms with van der Waals surface area (Å²) in [7, 11) is 0. The Morgan fingerprint density at radius 1 is 1.40 bits per heavy atom. The second-order valence-corrected chi connectivity index (χ2v) is 5.59. The van der Waals surface area contributed by atoms with Crippen LogP contribution in [-0.4, -0.2) is 23.6 Å². The largest absolute Gasteiger partial charge is 0.493 e. The van der Waals surface area contributed by atoms with Crippen molar-refractivity contribution in [1.82, 2.24) is 5.32 Å². The SMILES string of the molecule is O=C(O)C1CC1C(=O)NCc1cc(Cl)cc2c1OCC2. The van der Waals surface area contributed by atoms with Gasteiger partial charge in [-0.05, 0) is 24.1 Å². The lowest BCUT2D eigenvalue weighted by Crippen LogP contribution is -2.26. The van der Waals surface area contributed by atoms with E-state index >= 15 is 0 Å². The van der Waals surface area contributed by atoms with Gasteiger partial charge in [-0.25, -0.2) is 0 Å². The van der Waals surface area contributed by atoms with Gasteiger partial charge < -0.3 is 15.2 Å². The molecule has 2 N–H and O–H groups in total. The molecule has 1 fully saturated rings. The third-order valence-corrected chi connectivity index (χ3v) is 3.94. The highest BCUT2D eigenvalue weighted by Crippen LogP contribution is 2.39. The van der Waals surface area contributed by atoms with Gasteiger partial charge in [0.1, 0.15) is 5.75 Å². The molecule has 0 radical (unpaired) electrons. The summed E-state index contributed by atoms with van der Waals surface area (Å²) in [5, 5.41) is 12.2. The van der Waals surface area contributed by atoms with Gasteiger partial charge in [-0.1, -0.05) is 11.6 Å². The highest BCUT2D eigenvalue weighted by Gasteiger charge is 2.48. The van der Waals surface area contributed by atoms with E-state index in [2.05, 4.69) is 5.32 Å². The first-order chi connectivity index (χ1) is 9.56. The first kappa shape index (κ1) is 13.2. The number of hydrogen-bond acceptors (Lipinski definition) is 3. The van der Waals surface area contributed by atoms with E-state index in [1.807, 2.05) is 6.07 Å². The van der Waals surface area contributed by atoms with E-state index < -0.39 is 17.8 Å². The predicted molar refractivity (Wildman–Crippen MR) is 71.7 cm³/mol. The molecule has 0 aromatic heterocycles. The van der Waals surface area contributed by atoms with Crippen LogP contribution in [-0.2, 0) is 22.6 Å². The number of aliphatic carboxylic acids is 1. The van der Waals surface area contributed by atoms with Crippen LogP contribution in [0.3, 0.4) is 0 Å². The summed E-state index contributed by atoms with van der Waals surface area (Å²) in [4.78, 5) is 22.6. The number of carbonyl (C=O) groups is 2. The number of carbonyl (C=O) groups excluding carboxylic acids is 1. The third kappa shape index (κ3) is 2.45. The van der Waals surface area contributed by atoms with Crippen molar-refractivity contribution in [1.29, 1.82) is 0 Å². The highest BCUT2D eigenvalue weighted by molar-refractivity contribution is 6.30. The second-order valence-electron chi connectivity index (χ2n) is 5.16. The smallest absolute Gasteiger partial charge is 0.307 e. The van der Waals surface area contributed by atoms with E-state index in [1.54, 1.807) is 6.07 Å². The van der Waals surface area contributed by atoms with E-state index in [4.69, 9.17) is 21.4 Å². The number of fused-ring (bicyclic) bond motifs is 1. The quantitative estimate of drug-likeness (QED) is 0.885. The molecule has 1 aliphatic carbocycles. The van der Waals surface area contributed by atoms with Gasteiger partial charge in [0.2, 0.25) is 5.91 Å². The van der Waals surface area contributed by atoms with Crippen molar-refractivity contribution in [3.8, 4) is 5.75 Å². The Morgan fingerprint density at radius 3 is 2.90 bits per heavy atom. The minimum atomic E-state index is -0.905. The molecule has 6 heteroatoms. The molecule has 2 atom stereocenters. The lowest BCUT2D eigenvalue weighted by Gasteiger charge is -2.10. The number of halogens is 1. The third-order valence-electron chi connectivity index (χ3n) is 3.72. The van der Waals surface area contributed by atoms with Crippen LogP contribution in [0.2, 0.25) is 5.02 Å². The number of hydrogen-bond donors (Lipinski definition) is 2. The number of rotatable bonds is 4. The molecule has 1 heterocycles. The summed E-state index contributed by atoms with van der Waals surface area (Å²) < 4.78 is 5.55. The first-order valence-electron chi connectivity index (χ1n) is 6.51.